The number of nitrogens with one attached hydrogen (secondary N) is 2. The molecule has 6 heteroatoms. The first-order chi connectivity index (χ1) is 13.1. The summed E-state index contributed by atoms with van der Waals surface area (Å²) < 4.78 is 10.6. The average Bonchev–Trinajstić information content (AvgIpc) is 2.70. The summed E-state index contributed by atoms with van der Waals surface area (Å²) in [6.45, 7) is 2.00. The molecule has 0 aliphatic carbocycles. The molecule has 1 aromatic heterocycles. The number of methoxy groups -OCH3 is 2. The molecule has 2 N–H and O–H groups in total. The lowest BCUT2D eigenvalue weighted by Gasteiger charge is -2.13. The second-order valence-corrected chi connectivity index (χ2v) is 5.94. The van der Waals surface area contributed by atoms with E-state index in [1.807, 2.05) is 49.4 Å². The van der Waals surface area contributed by atoms with Crippen LogP contribution in [0.15, 0.2) is 60.8 Å². The van der Waals surface area contributed by atoms with Gasteiger partial charge in [-0.05, 0) is 43.3 Å². The van der Waals surface area contributed by atoms with Gasteiger partial charge in [0.05, 0.1) is 19.9 Å². The van der Waals surface area contributed by atoms with Crippen molar-refractivity contribution >= 4 is 23.0 Å². The van der Waals surface area contributed by atoms with Gasteiger partial charge in [-0.25, -0.2) is 0 Å². The van der Waals surface area contributed by atoms with Gasteiger partial charge in [-0.15, -0.1) is 0 Å². The number of aryl methyl sites for hydroxylation is 1. The first-order valence-electron chi connectivity index (χ1n) is 8.42. The Kier molecular flexibility index (Phi) is 5.56. The lowest BCUT2D eigenvalue weighted by molar-refractivity contribution is 0.102. The van der Waals surface area contributed by atoms with Crippen LogP contribution in [0.2, 0.25) is 0 Å². The van der Waals surface area contributed by atoms with E-state index in [-0.39, 0.29) is 5.91 Å². The maximum atomic E-state index is 12.5. The van der Waals surface area contributed by atoms with Gasteiger partial charge in [0.15, 0.2) is 0 Å². The van der Waals surface area contributed by atoms with Gasteiger partial charge in [0.2, 0.25) is 0 Å². The summed E-state index contributed by atoms with van der Waals surface area (Å²) in [7, 11) is 3.20. The van der Waals surface area contributed by atoms with Crippen LogP contribution < -0.4 is 20.1 Å². The van der Waals surface area contributed by atoms with E-state index in [1.165, 1.54) is 0 Å². The van der Waals surface area contributed by atoms with Crippen LogP contribution in [0.3, 0.4) is 0 Å². The van der Waals surface area contributed by atoms with E-state index in [0.717, 1.165) is 16.9 Å². The van der Waals surface area contributed by atoms with E-state index in [0.29, 0.717) is 22.9 Å². The number of rotatable bonds is 6. The highest BCUT2D eigenvalue weighted by atomic mass is 16.5. The van der Waals surface area contributed by atoms with E-state index in [4.69, 9.17) is 9.47 Å². The molecule has 138 valence electrons. The number of aromatic nitrogens is 1. The van der Waals surface area contributed by atoms with Crippen molar-refractivity contribution in [2.75, 3.05) is 24.9 Å². The molecule has 0 aliphatic rings. The van der Waals surface area contributed by atoms with Gasteiger partial charge in [-0.3, -0.25) is 9.78 Å². The summed E-state index contributed by atoms with van der Waals surface area (Å²) in [5, 5.41) is 6.08. The van der Waals surface area contributed by atoms with Crippen molar-refractivity contribution in [2.24, 2.45) is 0 Å². The van der Waals surface area contributed by atoms with Crippen LogP contribution in [0, 0.1) is 6.92 Å². The predicted octanol–water partition coefficient (Wildman–Crippen LogP) is 4.40. The van der Waals surface area contributed by atoms with Crippen molar-refractivity contribution in [1.82, 2.24) is 4.98 Å². The Hall–Kier alpha value is -3.54. The lowest BCUT2D eigenvalue weighted by atomic mass is 10.2. The van der Waals surface area contributed by atoms with Crippen molar-refractivity contribution in [3.05, 3.63) is 72.1 Å². The van der Waals surface area contributed by atoms with E-state index >= 15 is 0 Å². The minimum Gasteiger partial charge on any atom is -0.497 e. The van der Waals surface area contributed by atoms with Gasteiger partial charge in [0.1, 0.15) is 17.2 Å². The summed E-state index contributed by atoms with van der Waals surface area (Å²) in [6, 6.07) is 16.5. The largest absolute Gasteiger partial charge is 0.497 e. The standard InChI is InChI=1S/C21H21N3O3/c1-14-4-6-15(7-5-14)24-21(25)19-12-16(10-11-22-19)23-18-13-17(26-2)8-9-20(18)27-3/h4-13H,1-3H3,(H,22,23)(H,24,25). The molecule has 0 saturated carbocycles. The molecule has 0 radical (unpaired) electrons. The molecule has 3 aromatic rings. The van der Waals surface area contributed by atoms with E-state index in [9.17, 15) is 4.79 Å². The van der Waals surface area contributed by atoms with Crippen LogP contribution in [0.25, 0.3) is 0 Å². The Bertz CT molecular complexity index is 940. The molecular weight excluding hydrogens is 342 g/mol. The highest BCUT2D eigenvalue weighted by molar-refractivity contribution is 6.03. The Labute approximate surface area is 158 Å². The van der Waals surface area contributed by atoms with Gasteiger partial charge in [0.25, 0.3) is 5.91 Å². The molecule has 0 fully saturated rings. The molecule has 0 bridgehead atoms. The molecule has 1 heterocycles. The highest BCUT2D eigenvalue weighted by Gasteiger charge is 2.10. The van der Waals surface area contributed by atoms with Gasteiger partial charge in [0, 0.05) is 23.6 Å². The molecule has 0 saturated heterocycles. The number of pyridine rings is 1. The van der Waals surface area contributed by atoms with Crippen molar-refractivity contribution < 1.29 is 14.3 Å². The minimum absolute atomic E-state index is 0.278. The number of amides is 1. The third-order valence-corrected chi connectivity index (χ3v) is 3.99. The monoisotopic (exact) mass is 363 g/mol. The second kappa shape index (κ2) is 8.23. The van der Waals surface area contributed by atoms with Crippen LogP contribution in [0.4, 0.5) is 17.1 Å². The van der Waals surface area contributed by atoms with Crippen molar-refractivity contribution in [1.29, 1.82) is 0 Å². The number of hydrogen-bond acceptors (Lipinski definition) is 5. The highest BCUT2D eigenvalue weighted by Crippen LogP contribution is 2.31. The van der Waals surface area contributed by atoms with Crippen molar-refractivity contribution in [2.45, 2.75) is 6.92 Å². The summed E-state index contributed by atoms with van der Waals surface area (Å²) in [5.41, 5.74) is 3.60. The van der Waals surface area contributed by atoms with Gasteiger partial charge < -0.3 is 20.1 Å². The molecule has 6 nitrogen and oxygen atoms in total. The average molecular weight is 363 g/mol. The fourth-order valence-corrected chi connectivity index (χ4v) is 2.53. The van der Waals surface area contributed by atoms with E-state index < -0.39 is 0 Å². The molecule has 27 heavy (non-hydrogen) atoms. The first-order valence-corrected chi connectivity index (χ1v) is 8.42. The molecular formula is C21H21N3O3. The third kappa shape index (κ3) is 4.55. The maximum Gasteiger partial charge on any atom is 0.274 e. The van der Waals surface area contributed by atoms with Crippen molar-refractivity contribution in [3.8, 4) is 11.5 Å². The zero-order chi connectivity index (χ0) is 19.2. The zero-order valence-corrected chi connectivity index (χ0v) is 15.4. The normalized spacial score (nSPS) is 10.2. The minimum atomic E-state index is -0.278. The summed E-state index contributed by atoms with van der Waals surface area (Å²) in [4.78, 5) is 16.6. The Morgan fingerprint density at radius 2 is 1.70 bits per heavy atom. The predicted molar refractivity (Wildman–Crippen MR) is 106 cm³/mol. The Balaban J connectivity index is 1.79. The number of benzene rings is 2. The molecule has 2 aromatic carbocycles. The van der Waals surface area contributed by atoms with Crippen LogP contribution in [0.5, 0.6) is 11.5 Å². The maximum absolute atomic E-state index is 12.5. The topological polar surface area (TPSA) is 72.5 Å². The van der Waals surface area contributed by atoms with Gasteiger partial charge >= 0.3 is 0 Å². The number of carbonyl (C=O) groups excluding carboxylic acids is 1. The molecule has 0 unspecified atom stereocenters. The quantitative estimate of drug-likeness (QED) is 0.679. The lowest BCUT2D eigenvalue weighted by Crippen LogP contribution is -2.13. The molecule has 0 spiro atoms. The number of carbonyl (C=O) groups is 1. The van der Waals surface area contributed by atoms with Crippen LogP contribution in [-0.4, -0.2) is 25.1 Å². The number of anilines is 3. The second-order valence-electron chi connectivity index (χ2n) is 5.94. The summed E-state index contributed by atoms with van der Waals surface area (Å²) >= 11 is 0. The third-order valence-electron chi connectivity index (χ3n) is 3.99. The molecule has 0 atom stereocenters. The fraction of sp³-hybridized carbons (Fsp3) is 0.143. The number of nitrogens with zero attached hydrogens (tertiary/aromatic N) is 1. The van der Waals surface area contributed by atoms with Gasteiger partial charge in [-0.2, -0.15) is 0 Å². The zero-order valence-electron chi connectivity index (χ0n) is 15.4. The first kappa shape index (κ1) is 18.3. The van der Waals surface area contributed by atoms with E-state index in [2.05, 4.69) is 15.6 Å². The van der Waals surface area contributed by atoms with Gasteiger partial charge in [-0.1, -0.05) is 17.7 Å². The smallest absolute Gasteiger partial charge is 0.274 e. The van der Waals surface area contributed by atoms with Crippen molar-refractivity contribution in [3.63, 3.8) is 0 Å². The summed E-state index contributed by atoms with van der Waals surface area (Å²) in [6.07, 6.45) is 1.58. The van der Waals surface area contributed by atoms with Crippen LogP contribution >= 0.6 is 0 Å². The van der Waals surface area contributed by atoms with E-state index in [1.54, 1.807) is 32.5 Å². The Morgan fingerprint density at radius 3 is 2.41 bits per heavy atom. The number of hydrogen-bond donors (Lipinski definition) is 2. The van der Waals surface area contributed by atoms with Crippen LogP contribution in [0.1, 0.15) is 16.1 Å². The summed E-state index contributed by atoms with van der Waals surface area (Å²) in [5.74, 6) is 1.09. The SMILES string of the molecule is COc1ccc(OC)c(Nc2ccnc(C(=O)Nc3ccc(C)cc3)c2)c1. The number of ether oxygens (including phenoxy) is 2. The molecule has 3 rings (SSSR count). The molecule has 0 aliphatic heterocycles. The van der Waals surface area contributed by atoms with Crippen LogP contribution in [-0.2, 0) is 0 Å². The fourth-order valence-electron chi connectivity index (χ4n) is 2.53. The Morgan fingerprint density at radius 1 is 0.926 bits per heavy atom. The molecule has 1 amide bonds.